The predicted octanol–water partition coefficient (Wildman–Crippen LogP) is 1.70. The van der Waals surface area contributed by atoms with Gasteiger partial charge in [-0.1, -0.05) is 6.42 Å². The molecule has 0 N–H and O–H groups in total. The first-order valence-electron chi connectivity index (χ1n) is 7.86. The van der Waals surface area contributed by atoms with Crippen LogP contribution >= 0.6 is 0 Å². The molecule has 0 aromatic carbocycles. The lowest BCUT2D eigenvalue weighted by Gasteiger charge is -2.35. The summed E-state index contributed by atoms with van der Waals surface area (Å²) in [5.74, 6) is -0.416. The van der Waals surface area contributed by atoms with E-state index in [1.165, 1.54) is 20.0 Å². The number of rotatable bonds is 3. The van der Waals surface area contributed by atoms with Gasteiger partial charge in [0, 0.05) is 19.4 Å². The summed E-state index contributed by atoms with van der Waals surface area (Å²) in [6.45, 7) is 2.39. The Labute approximate surface area is 120 Å². The summed E-state index contributed by atoms with van der Waals surface area (Å²) >= 11 is 0. The van der Waals surface area contributed by atoms with E-state index in [4.69, 9.17) is 14.2 Å². The zero-order valence-corrected chi connectivity index (χ0v) is 12.3. The summed E-state index contributed by atoms with van der Waals surface area (Å²) in [4.78, 5) is 14.1. The smallest absolute Gasteiger partial charge is 0.323 e. The lowest BCUT2D eigenvalue weighted by molar-refractivity contribution is -0.165. The zero-order valence-electron chi connectivity index (χ0n) is 12.3. The van der Waals surface area contributed by atoms with E-state index in [0.717, 1.165) is 45.2 Å². The molecule has 20 heavy (non-hydrogen) atoms. The van der Waals surface area contributed by atoms with Gasteiger partial charge in [0.2, 0.25) is 0 Å². The molecule has 5 heteroatoms. The lowest BCUT2D eigenvalue weighted by atomic mass is 10.0. The number of hydrogen-bond acceptors (Lipinski definition) is 5. The number of carbonyl (C=O) groups is 1. The molecule has 2 heterocycles. The summed E-state index contributed by atoms with van der Waals surface area (Å²) in [5, 5.41) is 0. The maximum absolute atomic E-state index is 11.9. The van der Waals surface area contributed by atoms with Crippen molar-refractivity contribution in [2.75, 3.05) is 26.8 Å². The van der Waals surface area contributed by atoms with E-state index in [0.29, 0.717) is 6.61 Å². The van der Waals surface area contributed by atoms with Crippen LogP contribution in [0.2, 0.25) is 0 Å². The highest BCUT2D eigenvalue weighted by molar-refractivity contribution is 5.75. The Kier molecular flexibility index (Phi) is 4.29. The lowest BCUT2D eigenvalue weighted by Crippen LogP contribution is -2.48. The van der Waals surface area contributed by atoms with Crippen LogP contribution in [0.3, 0.4) is 0 Å². The molecule has 2 aliphatic heterocycles. The highest BCUT2D eigenvalue weighted by Crippen LogP contribution is 2.39. The molecule has 5 nitrogen and oxygen atoms in total. The number of hydrogen-bond donors (Lipinski definition) is 0. The quantitative estimate of drug-likeness (QED) is 0.738. The molecule has 0 aromatic rings. The van der Waals surface area contributed by atoms with Gasteiger partial charge in [-0.25, -0.2) is 0 Å². The summed E-state index contributed by atoms with van der Waals surface area (Å²) in [6.07, 6.45) is 7.66. The van der Waals surface area contributed by atoms with E-state index in [9.17, 15) is 4.79 Å². The highest BCUT2D eigenvalue weighted by atomic mass is 16.7. The number of carbonyl (C=O) groups excluding carboxylic acids is 1. The molecule has 0 radical (unpaired) electrons. The molecule has 0 amide bonds. The van der Waals surface area contributed by atoms with E-state index in [-0.39, 0.29) is 23.9 Å². The minimum atomic E-state index is -0.304. The molecule has 2 saturated heterocycles. The van der Waals surface area contributed by atoms with Crippen molar-refractivity contribution in [1.29, 1.82) is 0 Å². The number of nitrogens with zero attached hydrogens (tertiary/aromatic N) is 1. The van der Waals surface area contributed by atoms with Gasteiger partial charge in [-0.2, -0.15) is 0 Å². The molecule has 3 aliphatic rings. The van der Waals surface area contributed by atoms with Crippen molar-refractivity contribution in [3.05, 3.63) is 0 Å². The van der Waals surface area contributed by atoms with E-state index in [1.54, 1.807) is 0 Å². The second-order valence-corrected chi connectivity index (χ2v) is 6.20. The van der Waals surface area contributed by atoms with Gasteiger partial charge in [-0.05, 0) is 32.2 Å². The minimum Gasteiger partial charge on any atom is -0.468 e. The average molecular weight is 283 g/mol. The SMILES string of the molecule is COC(=O)[C@H]1CCCCN1CC1COC2(CCCC2)O1. The first kappa shape index (κ1) is 14.3. The van der Waals surface area contributed by atoms with Crippen LogP contribution in [0.15, 0.2) is 0 Å². The molecule has 114 valence electrons. The van der Waals surface area contributed by atoms with Crippen LogP contribution in [0.1, 0.15) is 44.9 Å². The topological polar surface area (TPSA) is 48.0 Å². The van der Waals surface area contributed by atoms with Gasteiger partial charge in [0.05, 0.1) is 19.8 Å². The number of piperidine rings is 1. The van der Waals surface area contributed by atoms with Crippen LogP contribution in [-0.4, -0.2) is 55.6 Å². The average Bonchev–Trinajstić information content (AvgIpc) is 3.09. The number of esters is 1. The van der Waals surface area contributed by atoms with Crippen molar-refractivity contribution in [3.8, 4) is 0 Å². The van der Waals surface area contributed by atoms with Gasteiger partial charge in [0.15, 0.2) is 5.79 Å². The molecule has 1 aliphatic carbocycles. The Hall–Kier alpha value is -0.650. The van der Waals surface area contributed by atoms with Gasteiger partial charge >= 0.3 is 5.97 Å². The molecule has 3 rings (SSSR count). The second-order valence-electron chi connectivity index (χ2n) is 6.20. The maximum atomic E-state index is 11.9. The molecule has 1 saturated carbocycles. The fourth-order valence-electron chi connectivity index (χ4n) is 3.76. The third-order valence-electron chi connectivity index (χ3n) is 4.80. The molecular weight excluding hydrogens is 258 g/mol. The normalized spacial score (nSPS) is 33.6. The minimum absolute atomic E-state index is 0.0957. The van der Waals surface area contributed by atoms with Gasteiger partial charge in [0.25, 0.3) is 0 Å². The summed E-state index contributed by atoms with van der Waals surface area (Å²) < 4.78 is 17.0. The van der Waals surface area contributed by atoms with E-state index in [1.807, 2.05) is 0 Å². The van der Waals surface area contributed by atoms with Crippen LogP contribution in [0.5, 0.6) is 0 Å². The van der Waals surface area contributed by atoms with Crippen LogP contribution in [0.4, 0.5) is 0 Å². The van der Waals surface area contributed by atoms with Gasteiger partial charge in [0.1, 0.15) is 6.04 Å². The highest BCUT2D eigenvalue weighted by Gasteiger charge is 2.44. The van der Waals surface area contributed by atoms with E-state index in [2.05, 4.69) is 4.90 Å². The maximum Gasteiger partial charge on any atom is 0.323 e. The van der Waals surface area contributed by atoms with Crippen molar-refractivity contribution in [3.63, 3.8) is 0 Å². The van der Waals surface area contributed by atoms with Crippen molar-refractivity contribution in [1.82, 2.24) is 4.90 Å². The molecule has 0 aromatic heterocycles. The Morgan fingerprint density at radius 2 is 2.10 bits per heavy atom. The van der Waals surface area contributed by atoms with E-state index >= 15 is 0 Å². The van der Waals surface area contributed by atoms with Gasteiger partial charge in [-0.3, -0.25) is 9.69 Å². The Balaban J connectivity index is 1.57. The standard InChI is InChI=1S/C15H25NO4/c1-18-14(17)13-6-2-5-9-16(13)10-12-11-19-15(20-12)7-3-4-8-15/h12-13H,2-11H2,1H3/t12?,13-/m1/s1. The summed E-state index contributed by atoms with van der Waals surface area (Å²) in [6, 6.07) is -0.0996. The molecule has 1 spiro atoms. The van der Waals surface area contributed by atoms with Crippen molar-refractivity contribution in [2.45, 2.75) is 62.9 Å². The van der Waals surface area contributed by atoms with Crippen molar-refractivity contribution < 1.29 is 19.0 Å². The zero-order chi connectivity index (χ0) is 14.0. The van der Waals surface area contributed by atoms with Crippen LogP contribution in [-0.2, 0) is 19.0 Å². The molecule has 3 fully saturated rings. The van der Waals surface area contributed by atoms with Crippen molar-refractivity contribution in [2.24, 2.45) is 0 Å². The number of ether oxygens (including phenoxy) is 3. The van der Waals surface area contributed by atoms with E-state index < -0.39 is 0 Å². The summed E-state index contributed by atoms with van der Waals surface area (Å²) in [7, 11) is 1.47. The van der Waals surface area contributed by atoms with Gasteiger partial charge < -0.3 is 14.2 Å². The molecular formula is C15H25NO4. The fourth-order valence-corrected chi connectivity index (χ4v) is 3.76. The predicted molar refractivity (Wildman–Crippen MR) is 73.3 cm³/mol. The molecule has 0 bridgehead atoms. The fraction of sp³-hybridized carbons (Fsp3) is 0.933. The van der Waals surface area contributed by atoms with Crippen LogP contribution < -0.4 is 0 Å². The monoisotopic (exact) mass is 283 g/mol. The third-order valence-corrected chi connectivity index (χ3v) is 4.80. The second kappa shape index (κ2) is 6.00. The van der Waals surface area contributed by atoms with Crippen LogP contribution in [0.25, 0.3) is 0 Å². The number of methoxy groups -OCH3 is 1. The Morgan fingerprint density at radius 1 is 1.30 bits per heavy atom. The molecule has 1 unspecified atom stereocenters. The first-order valence-corrected chi connectivity index (χ1v) is 7.86. The first-order chi connectivity index (χ1) is 9.72. The third kappa shape index (κ3) is 2.85. The summed E-state index contributed by atoms with van der Waals surface area (Å²) in [5.41, 5.74) is 0. The van der Waals surface area contributed by atoms with Crippen molar-refractivity contribution >= 4 is 5.97 Å². The largest absolute Gasteiger partial charge is 0.468 e. The van der Waals surface area contributed by atoms with Gasteiger partial charge in [-0.15, -0.1) is 0 Å². The molecule has 2 atom stereocenters. The Morgan fingerprint density at radius 3 is 2.85 bits per heavy atom. The Bertz CT molecular complexity index is 354. The number of likely N-dealkylation sites (tertiary alicyclic amines) is 1. The van der Waals surface area contributed by atoms with Crippen LogP contribution in [0, 0.1) is 0 Å².